The molecule has 92 valence electrons. The van der Waals surface area contributed by atoms with Gasteiger partial charge in [-0.05, 0) is 30.1 Å². The van der Waals surface area contributed by atoms with Crippen LogP contribution >= 0.6 is 0 Å². The van der Waals surface area contributed by atoms with Crippen molar-refractivity contribution in [2.75, 3.05) is 0 Å². The molecule has 16 heavy (non-hydrogen) atoms. The lowest BCUT2D eigenvalue weighted by molar-refractivity contribution is -0.129. The van der Waals surface area contributed by atoms with Gasteiger partial charge < -0.3 is 11.5 Å². The third kappa shape index (κ3) is 3.22. The number of rotatable bonds is 3. The van der Waals surface area contributed by atoms with Crippen LogP contribution in [0.2, 0.25) is 0 Å². The van der Waals surface area contributed by atoms with E-state index < -0.39 is 0 Å². The Labute approximate surface area is 96.8 Å². The molecule has 0 aromatic carbocycles. The van der Waals surface area contributed by atoms with Crippen molar-refractivity contribution < 1.29 is 9.59 Å². The second-order valence-corrected chi connectivity index (χ2v) is 6.30. The molecule has 4 heteroatoms. The number of nitrogens with two attached hydrogens (primary N) is 2. The lowest BCUT2D eigenvalue weighted by Crippen LogP contribution is -2.42. The molecule has 1 fully saturated rings. The molecule has 0 heterocycles. The third-order valence-corrected chi connectivity index (χ3v) is 3.45. The minimum atomic E-state index is -0.302. The highest BCUT2D eigenvalue weighted by molar-refractivity contribution is 5.77. The molecule has 0 spiro atoms. The lowest BCUT2D eigenvalue weighted by atomic mass is 9.59. The molecular weight excluding hydrogens is 204 g/mol. The fourth-order valence-corrected chi connectivity index (χ4v) is 3.39. The molecule has 0 aromatic rings. The Hall–Kier alpha value is -1.06. The van der Waals surface area contributed by atoms with E-state index in [-0.39, 0.29) is 28.6 Å². The van der Waals surface area contributed by atoms with Crippen molar-refractivity contribution in [2.45, 2.75) is 46.5 Å². The van der Waals surface area contributed by atoms with Crippen LogP contribution in [0.25, 0.3) is 0 Å². The Morgan fingerprint density at radius 1 is 1.19 bits per heavy atom. The monoisotopic (exact) mass is 226 g/mol. The molecule has 1 aliphatic rings. The van der Waals surface area contributed by atoms with E-state index >= 15 is 0 Å². The van der Waals surface area contributed by atoms with Crippen molar-refractivity contribution in [3.63, 3.8) is 0 Å². The van der Waals surface area contributed by atoms with Gasteiger partial charge in [-0.1, -0.05) is 20.8 Å². The molecule has 2 atom stereocenters. The van der Waals surface area contributed by atoms with Crippen LogP contribution in [0.5, 0.6) is 0 Å². The van der Waals surface area contributed by atoms with Crippen molar-refractivity contribution in [1.29, 1.82) is 0 Å². The first-order valence-corrected chi connectivity index (χ1v) is 5.71. The van der Waals surface area contributed by atoms with Crippen LogP contribution in [0.4, 0.5) is 0 Å². The van der Waals surface area contributed by atoms with Crippen LogP contribution in [0.3, 0.4) is 0 Å². The molecule has 1 saturated carbocycles. The summed E-state index contributed by atoms with van der Waals surface area (Å²) in [6, 6.07) is 0. The van der Waals surface area contributed by atoms with Crippen molar-refractivity contribution in [3.05, 3.63) is 0 Å². The average molecular weight is 226 g/mol. The van der Waals surface area contributed by atoms with Crippen molar-refractivity contribution >= 4 is 11.8 Å². The minimum Gasteiger partial charge on any atom is -0.370 e. The first-order chi connectivity index (χ1) is 7.14. The molecule has 0 bridgehead atoms. The fourth-order valence-electron chi connectivity index (χ4n) is 3.39. The van der Waals surface area contributed by atoms with Gasteiger partial charge in [0.05, 0.1) is 0 Å². The van der Waals surface area contributed by atoms with E-state index in [4.69, 9.17) is 11.5 Å². The van der Waals surface area contributed by atoms with Gasteiger partial charge in [0.15, 0.2) is 0 Å². The highest BCUT2D eigenvalue weighted by Gasteiger charge is 2.43. The van der Waals surface area contributed by atoms with Crippen molar-refractivity contribution in [2.24, 2.45) is 28.2 Å². The fraction of sp³-hybridized carbons (Fsp3) is 0.833. The average Bonchev–Trinajstić information content (AvgIpc) is 1.96. The second-order valence-electron chi connectivity index (χ2n) is 6.30. The van der Waals surface area contributed by atoms with E-state index in [1.807, 2.05) is 6.92 Å². The van der Waals surface area contributed by atoms with Gasteiger partial charge in [0.2, 0.25) is 11.8 Å². The number of carbonyl (C=O) groups excluding carboxylic acids is 2. The molecular formula is C12H22N2O2. The summed E-state index contributed by atoms with van der Waals surface area (Å²) in [5.41, 5.74) is 10.5. The minimum absolute atomic E-state index is 0.0438. The van der Waals surface area contributed by atoms with Gasteiger partial charge in [0, 0.05) is 12.3 Å². The van der Waals surface area contributed by atoms with E-state index in [1.54, 1.807) is 0 Å². The number of amides is 2. The molecule has 0 unspecified atom stereocenters. The van der Waals surface area contributed by atoms with Gasteiger partial charge in [0.25, 0.3) is 0 Å². The molecule has 4 nitrogen and oxygen atoms in total. The summed E-state index contributed by atoms with van der Waals surface area (Å²) in [4.78, 5) is 22.4. The van der Waals surface area contributed by atoms with E-state index in [9.17, 15) is 9.59 Å². The van der Waals surface area contributed by atoms with Crippen LogP contribution in [0.15, 0.2) is 0 Å². The Balaban J connectivity index is 2.86. The molecule has 4 N–H and O–H groups in total. The summed E-state index contributed by atoms with van der Waals surface area (Å²) in [6.07, 6.45) is 2.72. The summed E-state index contributed by atoms with van der Waals surface area (Å²) >= 11 is 0. The summed E-state index contributed by atoms with van der Waals surface area (Å²) in [6.45, 7) is 6.25. The molecule has 2 amide bonds. The Kier molecular flexibility index (Phi) is 3.31. The molecule has 0 aliphatic heterocycles. The zero-order valence-electron chi connectivity index (χ0n) is 10.4. The van der Waals surface area contributed by atoms with Gasteiger partial charge in [-0.2, -0.15) is 0 Å². The predicted octanol–water partition coefficient (Wildman–Crippen LogP) is 1.18. The maximum Gasteiger partial charge on any atom is 0.220 e. The molecule has 0 saturated heterocycles. The number of hydrogen-bond acceptors (Lipinski definition) is 2. The zero-order valence-corrected chi connectivity index (χ0v) is 10.4. The largest absolute Gasteiger partial charge is 0.370 e. The molecule has 1 rings (SSSR count). The SMILES string of the molecule is CC1(C)C[C@@H](C(N)=O)C[C@](C)(CC(N)=O)C1. The van der Waals surface area contributed by atoms with Crippen molar-refractivity contribution in [3.8, 4) is 0 Å². The zero-order chi connectivity index (χ0) is 12.6. The number of hydrogen-bond donors (Lipinski definition) is 2. The van der Waals surface area contributed by atoms with E-state index in [2.05, 4.69) is 13.8 Å². The summed E-state index contributed by atoms with van der Waals surface area (Å²) in [5.74, 6) is -0.694. The first kappa shape index (κ1) is 13.0. The van der Waals surface area contributed by atoms with Crippen LogP contribution in [0.1, 0.15) is 46.5 Å². The quantitative estimate of drug-likeness (QED) is 0.757. The maximum atomic E-state index is 11.3. The lowest BCUT2D eigenvalue weighted by Gasteiger charge is -2.45. The van der Waals surface area contributed by atoms with Crippen molar-refractivity contribution in [1.82, 2.24) is 0 Å². The Bertz CT molecular complexity index is 312. The summed E-state index contributed by atoms with van der Waals surface area (Å²) in [5, 5.41) is 0. The van der Waals surface area contributed by atoms with E-state index in [0.29, 0.717) is 12.8 Å². The van der Waals surface area contributed by atoms with Gasteiger partial charge in [0.1, 0.15) is 0 Å². The van der Waals surface area contributed by atoms with Crippen LogP contribution in [-0.4, -0.2) is 11.8 Å². The van der Waals surface area contributed by atoms with E-state index in [0.717, 1.165) is 12.8 Å². The Morgan fingerprint density at radius 3 is 2.19 bits per heavy atom. The molecule has 1 aliphatic carbocycles. The predicted molar refractivity (Wildman–Crippen MR) is 62.2 cm³/mol. The molecule has 0 aromatic heterocycles. The highest BCUT2D eigenvalue weighted by Crippen LogP contribution is 2.50. The van der Waals surface area contributed by atoms with Crippen LogP contribution in [-0.2, 0) is 9.59 Å². The van der Waals surface area contributed by atoms with Gasteiger partial charge in [-0.3, -0.25) is 9.59 Å². The van der Waals surface area contributed by atoms with Gasteiger partial charge in [-0.15, -0.1) is 0 Å². The van der Waals surface area contributed by atoms with Gasteiger partial charge in [-0.25, -0.2) is 0 Å². The second kappa shape index (κ2) is 4.07. The highest BCUT2D eigenvalue weighted by atomic mass is 16.1. The summed E-state index contributed by atoms with van der Waals surface area (Å²) < 4.78 is 0. The van der Waals surface area contributed by atoms with E-state index in [1.165, 1.54) is 0 Å². The normalized spacial score (nSPS) is 33.3. The standard InChI is InChI=1S/C12H22N2O2/c1-11(2)4-8(10(14)16)5-12(3,7-11)6-9(13)15/h8H,4-7H2,1-3H3,(H2,13,15)(H2,14,16)/t8-,12-/m1/s1. The smallest absolute Gasteiger partial charge is 0.220 e. The topological polar surface area (TPSA) is 86.2 Å². The van der Waals surface area contributed by atoms with Gasteiger partial charge >= 0.3 is 0 Å². The third-order valence-electron chi connectivity index (χ3n) is 3.45. The summed E-state index contributed by atoms with van der Waals surface area (Å²) in [7, 11) is 0. The Morgan fingerprint density at radius 2 is 1.75 bits per heavy atom. The maximum absolute atomic E-state index is 11.3. The number of primary amides is 2. The van der Waals surface area contributed by atoms with Crippen LogP contribution in [0, 0.1) is 16.7 Å². The van der Waals surface area contributed by atoms with Crippen LogP contribution < -0.4 is 11.5 Å². The first-order valence-electron chi connectivity index (χ1n) is 5.71. The number of carbonyl (C=O) groups is 2. The molecule has 0 radical (unpaired) electrons.